The van der Waals surface area contributed by atoms with Crippen molar-refractivity contribution in [3.05, 3.63) is 59.9 Å². The van der Waals surface area contributed by atoms with Crippen molar-refractivity contribution in [1.29, 1.82) is 0 Å². The van der Waals surface area contributed by atoms with E-state index < -0.39 is 0 Å². The van der Waals surface area contributed by atoms with Gasteiger partial charge in [0.1, 0.15) is 0 Å². The molecule has 7 nitrogen and oxygen atoms in total. The lowest BCUT2D eigenvalue weighted by Crippen LogP contribution is -2.43. The highest BCUT2D eigenvalue weighted by Crippen LogP contribution is 2.21. The third-order valence-electron chi connectivity index (χ3n) is 4.90. The van der Waals surface area contributed by atoms with Gasteiger partial charge in [0.2, 0.25) is 5.91 Å². The Morgan fingerprint density at radius 3 is 2.76 bits per heavy atom. The molecule has 3 rings (SSSR count). The van der Waals surface area contributed by atoms with Crippen LogP contribution in [0.4, 0.5) is 5.69 Å². The lowest BCUT2D eigenvalue weighted by molar-refractivity contribution is -0.116. The topological polar surface area (TPSA) is 83.6 Å². The number of hydrogen-bond acceptors (Lipinski definition) is 5. The molecule has 1 saturated heterocycles. The summed E-state index contributed by atoms with van der Waals surface area (Å²) in [6, 6.07) is 11.0. The third kappa shape index (κ3) is 6.10. The van der Waals surface area contributed by atoms with Gasteiger partial charge >= 0.3 is 0 Å². The number of carbonyl (C=O) groups excluding carboxylic acids is 2. The molecule has 0 spiro atoms. The SMILES string of the molecule is CCCC(=O)Nc1cccc(C(=O)NC[C@@H](c2cccnc2)N2CCOCC2)c1. The second-order valence-electron chi connectivity index (χ2n) is 7.04. The minimum absolute atomic E-state index is 0.0315. The lowest BCUT2D eigenvalue weighted by atomic mass is 10.1. The molecule has 2 heterocycles. The molecule has 2 amide bonds. The number of rotatable bonds is 8. The number of nitrogens with zero attached hydrogens (tertiary/aromatic N) is 2. The minimum Gasteiger partial charge on any atom is -0.379 e. The van der Waals surface area contributed by atoms with Gasteiger partial charge in [-0.05, 0) is 36.2 Å². The van der Waals surface area contributed by atoms with E-state index >= 15 is 0 Å². The average Bonchev–Trinajstić information content (AvgIpc) is 2.75. The number of amides is 2. The van der Waals surface area contributed by atoms with Crippen LogP contribution >= 0.6 is 0 Å². The van der Waals surface area contributed by atoms with Crippen molar-refractivity contribution in [2.45, 2.75) is 25.8 Å². The van der Waals surface area contributed by atoms with Crippen LogP contribution in [0.15, 0.2) is 48.8 Å². The number of morpholine rings is 1. The molecule has 0 radical (unpaired) electrons. The van der Waals surface area contributed by atoms with Crippen molar-refractivity contribution in [2.75, 3.05) is 38.2 Å². The molecule has 1 aromatic carbocycles. The van der Waals surface area contributed by atoms with Crippen LogP contribution in [0.2, 0.25) is 0 Å². The number of aromatic nitrogens is 1. The fraction of sp³-hybridized carbons (Fsp3) is 0.409. The predicted octanol–water partition coefficient (Wildman–Crippen LogP) is 2.62. The molecule has 0 aliphatic carbocycles. The Morgan fingerprint density at radius 2 is 2.03 bits per heavy atom. The highest BCUT2D eigenvalue weighted by Gasteiger charge is 2.23. The Bertz CT molecular complexity index is 807. The molecule has 0 bridgehead atoms. The van der Waals surface area contributed by atoms with Gasteiger partial charge < -0.3 is 15.4 Å². The van der Waals surface area contributed by atoms with Crippen molar-refractivity contribution in [1.82, 2.24) is 15.2 Å². The zero-order valence-corrected chi connectivity index (χ0v) is 16.8. The van der Waals surface area contributed by atoms with Crippen molar-refractivity contribution in [2.24, 2.45) is 0 Å². The van der Waals surface area contributed by atoms with Gasteiger partial charge in [-0.3, -0.25) is 19.5 Å². The van der Waals surface area contributed by atoms with Gasteiger partial charge in [0, 0.05) is 49.7 Å². The maximum absolute atomic E-state index is 12.7. The number of carbonyl (C=O) groups is 2. The summed E-state index contributed by atoms with van der Waals surface area (Å²) in [7, 11) is 0. The van der Waals surface area contributed by atoms with E-state index in [1.807, 2.05) is 25.3 Å². The molecule has 2 N–H and O–H groups in total. The van der Waals surface area contributed by atoms with Crippen molar-refractivity contribution in [3.8, 4) is 0 Å². The number of benzene rings is 1. The van der Waals surface area contributed by atoms with Crippen LogP contribution in [0, 0.1) is 0 Å². The summed E-state index contributed by atoms with van der Waals surface area (Å²) < 4.78 is 5.46. The van der Waals surface area contributed by atoms with E-state index in [4.69, 9.17) is 4.74 Å². The number of ether oxygens (including phenoxy) is 1. The van der Waals surface area contributed by atoms with Crippen molar-refractivity contribution >= 4 is 17.5 Å². The van der Waals surface area contributed by atoms with Gasteiger partial charge in [-0.25, -0.2) is 0 Å². The monoisotopic (exact) mass is 396 g/mol. The standard InChI is InChI=1S/C22H28N4O3/c1-2-5-21(27)25-19-8-3-6-17(14-19)22(28)24-16-20(18-7-4-9-23-15-18)26-10-12-29-13-11-26/h3-4,6-9,14-15,20H,2,5,10-13,16H2,1H3,(H,24,28)(H,25,27)/t20-/m0/s1. The molecular weight excluding hydrogens is 368 g/mol. The van der Waals surface area contributed by atoms with Crippen LogP contribution in [-0.2, 0) is 9.53 Å². The van der Waals surface area contributed by atoms with Gasteiger partial charge in [-0.1, -0.05) is 19.1 Å². The quantitative estimate of drug-likeness (QED) is 0.717. The molecule has 1 atom stereocenters. The highest BCUT2D eigenvalue weighted by molar-refractivity contribution is 5.97. The molecule has 1 aliphatic heterocycles. The smallest absolute Gasteiger partial charge is 0.251 e. The van der Waals surface area contributed by atoms with Gasteiger partial charge in [-0.2, -0.15) is 0 Å². The molecule has 2 aromatic rings. The molecular formula is C22H28N4O3. The van der Waals surface area contributed by atoms with Crippen molar-refractivity contribution in [3.63, 3.8) is 0 Å². The van der Waals surface area contributed by atoms with Crippen LogP contribution < -0.4 is 10.6 Å². The molecule has 1 aromatic heterocycles. The molecule has 29 heavy (non-hydrogen) atoms. The molecule has 0 unspecified atom stereocenters. The Morgan fingerprint density at radius 1 is 1.21 bits per heavy atom. The van der Waals surface area contributed by atoms with E-state index in [-0.39, 0.29) is 17.9 Å². The van der Waals surface area contributed by atoms with Gasteiger partial charge in [0.15, 0.2) is 0 Å². The van der Waals surface area contributed by atoms with E-state index in [0.717, 1.165) is 25.1 Å². The van der Waals surface area contributed by atoms with E-state index in [2.05, 4.69) is 20.5 Å². The first-order valence-corrected chi connectivity index (χ1v) is 10.1. The van der Waals surface area contributed by atoms with Gasteiger partial charge in [-0.15, -0.1) is 0 Å². The van der Waals surface area contributed by atoms with Crippen LogP contribution in [0.3, 0.4) is 0 Å². The first kappa shape index (κ1) is 21.0. The zero-order chi connectivity index (χ0) is 20.5. The fourth-order valence-corrected chi connectivity index (χ4v) is 3.40. The van der Waals surface area contributed by atoms with E-state index in [1.54, 1.807) is 30.5 Å². The van der Waals surface area contributed by atoms with Crippen LogP contribution in [0.25, 0.3) is 0 Å². The lowest BCUT2D eigenvalue weighted by Gasteiger charge is -2.34. The van der Waals surface area contributed by atoms with E-state index in [0.29, 0.717) is 37.4 Å². The van der Waals surface area contributed by atoms with Crippen LogP contribution in [-0.4, -0.2) is 54.5 Å². The molecule has 0 saturated carbocycles. The molecule has 1 fully saturated rings. The van der Waals surface area contributed by atoms with Crippen molar-refractivity contribution < 1.29 is 14.3 Å². The maximum atomic E-state index is 12.7. The minimum atomic E-state index is -0.168. The summed E-state index contributed by atoms with van der Waals surface area (Å²) in [5, 5.41) is 5.87. The summed E-state index contributed by atoms with van der Waals surface area (Å²) in [5.74, 6) is -0.215. The number of hydrogen-bond donors (Lipinski definition) is 2. The first-order valence-electron chi connectivity index (χ1n) is 10.1. The van der Waals surface area contributed by atoms with Crippen LogP contribution in [0.1, 0.15) is 41.7 Å². The fourth-order valence-electron chi connectivity index (χ4n) is 3.40. The van der Waals surface area contributed by atoms with Crippen LogP contribution in [0.5, 0.6) is 0 Å². The Balaban J connectivity index is 1.66. The first-order chi connectivity index (χ1) is 14.2. The second kappa shape index (κ2) is 10.7. The number of pyridine rings is 1. The molecule has 1 aliphatic rings. The molecule has 7 heteroatoms. The summed E-state index contributed by atoms with van der Waals surface area (Å²) >= 11 is 0. The summed E-state index contributed by atoms with van der Waals surface area (Å²) in [6.07, 6.45) is 4.83. The predicted molar refractivity (Wildman–Crippen MR) is 112 cm³/mol. The summed E-state index contributed by atoms with van der Waals surface area (Å²) in [6.45, 7) is 5.42. The second-order valence-corrected chi connectivity index (χ2v) is 7.04. The maximum Gasteiger partial charge on any atom is 0.251 e. The normalized spacial score (nSPS) is 15.5. The van der Waals surface area contributed by atoms with E-state index in [1.165, 1.54) is 0 Å². The number of anilines is 1. The van der Waals surface area contributed by atoms with Gasteiger partial charge in [0.25, 0.3) is 5.91 Å². The van der Waals surface area contributed by atoms with Gasteiger partial charge in [0.05, 0.1) is 19.3 Å². The Hall–Kier alpha value is -2.77. The Labute approximate surface area is 171 Å². The zero-order valence-electron chi connectivity index (χ0n) is 16.8. The number of nitrogens with one attached hydrogen (secondary N) is 2. The summed E-state index contributed by atoms with van der Waals surface area (Å²) in [5.41, 5.74) is 2.22. The van der Waals surface area contributed by atoms with E-state index in [9.17, 15) is 9.59 Å². The summed E-state index contributed by atoms with van der Waals surface area (Å²) in [4.78, 5) is 31.1. The molecule has 154 valence electrons. The highest BCUT2D eigenvalue weighted by atomic mass is 16.5. The third-order valence-corrected chi connectivity index (χ3v) is 4.90. The average molecular weight is 396 g/mol. The Kier molecular flexibility index (Phi) is 7.72. The largest absolute Gasteiger partial charge is 0.379 e.